The number of nitrogens with zero attached hydrogens (tertiary/aromatic N) is 1. The van der Waals surface area contributed by atoms with Crippen molar-refractivity contribution in [3.05, 3.63) is 45.5 Å². The fourth-order valence-corrected chi connectivity index (χ4v) is 4.49. The van der Waals surface area contributed by atoms with Crippen LogP contribution < -0.4 is 15.7 Å². The first-order valence-electron chi connectivity index (χ1n) is 10.2. The smallest absolute Gasteiger partial charge is 0.404 e. The third-order valence-electron chi connectivity index (χ3n) is 4.98. The molecule has 2 aromatic heterocycles. The zero-order chi connectivity index (χ0) is 22.8. The van der Waals surface area contributed by atoms with Crippen molar-refractivity contribution in [2.24, 2.45) is 11.3 Å². The Bertz CT molecular complexity index is 1150. The van der Waals surface area contributed by atoms with Gasteiger partial charge >= 0.3 is 11.7 Å². The second kappa shape index (κ2) is 9.26. The number of fused-ring (bicyclic) bond motifs is 3. The third-order valence-corrected chi connectivity index (χ3v) is 5.60. The van der Waals surface area contributed by atoms with Crippen LogP contribution in [0.3, 0.4) is 0 Å². The van der Waals surface area contributed by atoms with E-state index in [2.05, 4.69) is 53.9 Å². The Hall–Kier alpha value is -2.61. The summed E-state index contributed by atoms with van der Waals surface area (Å²) in [6, 6.07) is 4.88. The van der Waals surface area contributed by atoms with E-state index in [1.165, 1.54) is 6.20 Å². The van der Waals surface area contributed by atoms with E-state index in [0.717, 1.165) is 17.2 Å². The number of ether oxygens (including phenoxy) is 1. The quantitative estimate of drug-likeness (QED) is 0.331. The molecule has 0 saturated heterocycles. The molecule has 1 amide bonds. The van der Waals surface area contributed by atoms with Crippen LogP contribution in [0.5, 0.6) is 5.75 Å². The summed E-state index contributed by atoms with van der Waals surface area (Å²) in [6.45, 7) is 8.77. The molecule has 7 nitrogen and oxygen atoms in total. The van der Waals surface area contributed by atoms with Gasteiger partial charge in [-0.15, -0.1) is 0 Å². The molecule has 1 aromatic carbocycles. The van der Waals surface area contributed by atoms with Gasteiger partial charge in [0.2, 0.25) is 0 Å². The Kier molecular flexibility index (Phi) is 6.89. The van der Waals surface area contributed by atoms with Crippen LogP contribution in [-0.4, -0.2) is 28.8 Å². The van der Waals surface area contributed by atoms with Crippen molar-refractivity contribution in [1.82, 2.24) is 10.3 Å². The number of aromatic nitrogens is 1. The lowest BCUT2D eigenvalue weighted by molar-refractivity contribution is 0.172. The van der Waals surface area contributed by atoms with Gasteiger partial charge < -0.3 is 19.6 Å². The van der Waals surface area contributed by atoms with E-state index in [4.69, 9.17) is 9.15 Å². The molecule has 0 saturated carbocycles. The summed E-state index contributed by atoms with van der Waals surface area (Å²) < 4.78 is 12.1. The Labute approximate surface area is 188 Å². The number of nitrogens with one attached hydrogen (secondary N) is 1. The minimum absolute atomic E-state index is 0.158. The molecule has 0 bridgehead atoms. The fourth-order valence-electron chi connectivity index (χ4n) is 4.04. The van der Waals surface area contributed by atoms with Gasteiger partial charge in [-0.25, -0.2) is 9.59 Å². The van der Waals surface area contributed by atoms with Crippen molar-refractivity contribution in [2.75, 3.05) is 6.61 Å². The second-order valence-electron chi connectivity index (χ2n) is 9.15. The highest BCUT2D eigenvalue weighted by molar-refractivity contribution is 9.10. The predicted molar refractivity (Wildman–Crippen MR) is 124 cm³/mol. The van der Waals surface area contributed by atoms with Gasteiger partial charge in [-0.2, -0.15) is 0 Å². The number of benzene rings is 1. The van der Waals surface area contributed by atoms with Crippen molar-refractivity contribution in [3.8, 4) is 5.75 Å². The Morgan fingerprint density at radius 1 is 1.29 bits per heavy atom. The molecule has 2 atom stereocenters. The first-order chi connectivity index (χ1) is 14.5. The molecule has 0 radical (unpaired) electrons. The van der Waals surface area contributed by atoms with Crippen molar-refractivity contribution in [1.29, 1.82) is 0 Å². The molecule has 0 fully saturated rings. The lowest BCUT2D eigenvalue weighted by atomic mass is 9.83. The summed E-state index contributed by atoms with van der Waals surface area (Å²) in [5.74, 6) is 0.795. The molecule has 2 unspecified atom stereocenters. The van der Waals surface area contributed by atoms with Gasteiger partial charge in [0.15, 0.2) is 0 Å². The highest BCUT2D eigenvalue weighted by atomic mass is 79.9. The second-order valence-corrected chi connectivity index (χ2v) is 10.0. The number of carbonyl (C=O) groups is 1. The zero-order valence-electron chi connectivity index (χ0n) is 18.1. The number of rotatable bonds is 7. The van der Waals surface area contributed by atoms with Crippen molar-refractivity contribution in [3.63, 3.8) is 0 Å². The van der Waals surface area contributed by atoms with Crippen molar-refractivity contribution >= 4 is 43.8 Å². The van der Waals surface area contributed by atoms with E-state index in [0.29, 0.717) is 33.5 Å². The SMILES string of the molecule is CC(CC(COc1cc2oc(=O)c3cnccc3c2cc1Br)NC(=O)O)CC(C)(C)C. The van der Waals surface area contributed by atoms with Gasteiger partial charge in [-0.3, -0.25) is 4.98 Å². The first-order valence-corrected chi connectivity index (χ1v) is 10.9. The van der Waals surface area contributed by atoms with Gasteiger partial charge in [0, 0.05) is 29.2 Å². The molecule has 0 aliphatic heterocycles. The summed E-state index contributed by atoms with van der Waals surface area (Å²) in [4.78, 5) is 27.5. The first kappa shape index (κ1) is 23.1. The number of hydrogen-bond donors (Lipinski definition) is 2. The predicted octanol–water partition coefficient (Wildman–Crippen LogP) is 5.58. The lowest BCUT2D eigenvalue weighted by Crippen LogP contribution is -2.39. The fraction of sp³-hybridized carbons (Fsp3) is 0.435. The molecule has 3 rings (SSSR count). The highest BCUT2D eigenvalue weighted by Crippen LogP contribution is 2.33. The minimum atomic E-state index is -1.08. The molecule has 166 valence electrons. The normalized spacial score (nSPS) is 13.8. The standard InChI is InChI=1S/C23H27BrN2O5/c1-13(10-23(2,3)4)7-14(26-22(28)29)12-30-20-9-19-16(8-18(20)24)15-5-6-25-11-17(15)21(27)31-19/h5-6,8-9,11,13-14,26H,7,10,12H2,1-4H3,(H,28,29). The number of halogens is 1. The van der Waals surface area contributed by atoms with Crippen molar-refractivity contribution < 1.29 is 19.1 Å². The van der Waals surface area contributed by atoms with Gasteiger partial charge in [0.1, 0.15) is 17.9 Å². The summed E-state index contributed by atoms with van der Waals surface area (Å²) in [5.41, 5.74) is 0.0849. The molecular formula is C23H27BrN2O5. The molecule has 2 N–H and O–H groups in total. The van der Waals surface area contributed by atoms with Crippen LogP contribution in [0.2, 0.25) is 0 Å². The average Bonchev–Trinajstić information content (AvgIpc) is 2.65. The topological polar surface area (TPSA) is 102 Å². The average molecular weight is 491 g/mol. The van der Waals surface area contributed by atoms with E-state index >= 15 is 0 Å². The molecule has 0 spiro atoms. The Balaban J connectivity index is 1.83. The number of pyridine rings is 1. The van der Waals surface area contributed by atoms with E-state index in [1.54, 1.807) is 18.3 Å². The van der Waals surface area contributed by atoms with E-state index in [1.807, 2.05) is 6.07 Å². The third kappa shape index (κ3) is 5.97. The number of amides is 1. The molecule has 8 heteroatoms. The van der Waals surface area contributed by atoms with E-state index < -0.39 is 11.7 Å². The lowest BCUT2D eigenvalue weighted by Gasteiger charge is -2.27. The molecule has 0 aliphatic rings. The van der Waals surface area contributed by atoms with Gasteiger partial charge in [-0.1, -0.05) is 27.7 Å². The van der Waals surface area contributed by atoms with Crippen LogP contribution in [0.1, 0.15) is 40.5 Å². The summed E-state index contributed by atoms with van der Waals surface area (Å²) in [6.07, 6.45) is 3.65. The summed E-state index contributed by atoms with van der Waals surface area (Å²) in [7, 11) is 0. The minimum Gasteiger partial charge on any atom is -0.490 e. The Morgan fingerprint density at radius 2 is 2.03 bits per heavy atom. The van der Waals surface area contributed by atoms with Gasteiger partial charge in [0.05, 0.1) is 15.9 Å². The number of carboxylic acid groups (broad SMARTS) is 1. The molecule has 31 heavy (non-hydrogen) atoms. The monoisotopic (exact) mass is 490 g/mol. The maximum atomic E-state index is 12.3. The summed E-state index contributed by atoms with van der Waals surface area (Å²) in [5, 5.41) is 13.7. The van der Waals surface area contributed by atoms with Crippen LogP contribution in [0.4, 0.5) is 4.79 Å². The zero-order valence-corrected chi connectivity index (χ0v) is 19.7. The molecule has 2 heterocycles. The van der Waals surface area contributed by atoms with Crippen LogP contribution >= 0.6 is 15.9 Å². The van der Waals surface area contributed by atoms with E-state index in [-0.39, 0.29) is 18.1 Å². The molecular weight excluding hydrogens is 464 g/mol. The van der Waals surface area contributed by atoms with Crippen molar-refractivity contribution in [2.45, 2.75) is 46.6 Å². The number of hydrogen-bond acceptors (Lipinski definition) is 5. The van der Waals surface area contributed by atoms with Crippen LogP contribution in [0.25, 0.3) is 21.7 Å². The Morgan fingerprint density at radius 3 is 2.71 bits per heavy atom. The van der Waals surface area contributed by atoms with E-state index in [9.17, 15) is 14.7 Å². The molecule has 0 aliphatic carbocycles. The van der Waals surface area contributed by atoms with Crippen LogP contribution in [0.15, 0.2) is 44.3 Å². The maximum Gasteiger partial charge on any atom is 0.404 e. The largest absolute Gasteiger partial charge is 0.490 e. The summed E-state index contributed by atoms with van der Waals surface area (Å²) >= 11 is 3.52. The van der Waals surface area contributed by atoms with Crippen LogP contribution in [-0.2, 0) is 0 Å². The highest BCUT2D eigenvalue weighted by Gasteiger charge is 2.21. The van der Waals surface area contributed by atoms with Crippen LogP contribution in [0, 0.1) is 11.3 Å². The maximum absolute atomic E-state index is 12.3. The molecule has 3 aromatic rings. The van der Waals surface area contributed by atoms with Gasteiger partial charge in [0.25, 0.3) is 0 Å². The van der Waals surface area contributed by atoms with Gasteiger partial charge in [-0.05, 0) is 52.2 Å².